The van der Waals surface area contributed by atoms with Crippen molar-refractivity contribution < 1.29 is 15.3 Å². The quantitative estimate of drug-likeness (QED) is 0.139. The first-order valence-corrected chi connectivity index (χ1v) is 11.6. The molecule has 3 aromatic carbocycles. The molecule has 7 heteroatoms. The molecule has 0 aliphatic rings. The SMILES string of the molecule is CC.CNC(/C(C(=N)c1ccccc1)=C(/N)C=O)c1ccc(OCc2cccc(N)c2)cc1.C[NH3+]. The van der Waals surface area contributed by atoms with Gasteiger partial charge in [0.1, 0.15) is 12.4 Å². The Morgan fingerprint density at radius 3 is 2.20 bits per heavy atom. The molecule has 1 unspecified atom stereocenters. The normalized spacial score (nSPS) is 11.5. The molecule has 0 heterocycles. The van der Waals surface area contributed by atoms with Crippen molar-refractivity contribution in [3.05, 3.63) is 107 Å². The first kappa shape index (κ1) is 29.1. The summed E-state index contributed by atoms with van der Waals surface area (Å²) >= 11 is 0. The molecule has 0 saturated carbocycles. The summed E-state index contributed by atoms with van der Waals surface area (Å²) in [4.78, 5) is 11.5. The van der Waals surface area contributed by atoms with E-state index in [9.17, 15) is 4.79 Å². The third-order valence-corrected chi connectivity index (χ3v) is 4.92. The number of nitrogens with one attached hydrogen (secondary N) is 2. The average Bonchev–Trinajstić information content (AvgIpc) is 2.93. The van der Waals surface area contributed by atoms with Gasteiger partial charge in [-0.2, -0.15) is 0 Å². The summed E-state index contributed by atoms with van der Waals surface area (Å²) in [7, 11) is 3.52. The smallest absolute Gasteiger partial charge is 0.166 e. The second kappa shape index (κ2) is 15.8. The monoisotopic (exact) mass is 476 g/mol. The summed E-state index contributed by atoms with van der Waals surface area (Å²) in [6.07, 6.45) is 0.584. The largest absolute Gasteiger partial charge is 0.489 e. The zero-order valence-electron chi connectivity index (χ0n) is 21.0. The van der Waals surface area contributed by atoms with Gasteiger partial charge in [0.05, 0.1) is 24.5 Å². The van der Waals surface area contributed by atoms with Crippen LogP contribution in [0.5, 0.6) is 5.75 Å². The molecule has 0 amide bonds. The first-order chi connectivity index (χ1) is 17.0. The molecule has 0 radical (unpaired) electrons. The van der Waals surface area contributed by atoms with Crippen molar-refractivity contribution in [2.24, 2.45) is 5.73 Å². The Hall–Kier alpha value is -3.94. The zero-order valence-corrected chi connectivity index (χ0v) is 21.0. The molecule has 0 bridgehead atoms. The van der Waals surface area contributed by atoms with Gasteiger partial charge in [-0.05, 0) is 48.0 Å². The minimum Gasteiger partial charge on any atom is -0.489 e. The van der Waals surface area contributed by atoms with Crippen molar-refractivity contribution in [3.63, 3.8) is 0 Å². The van der Waals surface area contributed by atoms with E-state index in [1.165, 1.54) is 0 Å². The van der Waals surface area contributed by atoms with E-state index < -0.39 is 6.04 Å². The number of carbonyl (C=O) groups excluding carboxylic acids is 1. The van der Waals surface area contributed by atoms with Gasteiger partial charge in [-0.25, -0.2) is 0 Å². The van der Waals surface area contributed by atoms with Gasteiger partial charge in [-0.1, -0.05) is 68.4 Å². The molecule has 0 aliphatic carbocycles. The Balaban J connectivity index is 0.00000145. The Labute approximate surface area is 208 Å². The average molecular weight is 477 g/mol. The summed E-state index contributed by atoms with van der Waals surface area (Å²) in [6, 6.07) is 23.8. The van der Waals surface area contributed by atoms with Gasteiger partial charge in [0, 0.05) is 11.3 Å². The third-order valence-electron chi connectivity index (χ3n) is 4.92. The number of anilines is 1. The number of nitrogens with two attached hydrogens (primary N) is 2. The zero-order chi connectivity index (χ0) is 26.2. The van der Waals surface area contributed by atoms with Gasteiger partial charge in [0.25, 0.3) is 0 Å². The lowest BCUT2D eigenvalue weighted by Crippen LogP contribution is -2.40. The maximum atomic E-state index is 11.5. The van der Waals surface area contributed by atoms with Gasteiger partial charge in [-0.3, -0.25) is 10.2 Å². The highest BCUT2D eigenvalue weighted by Crippen LogP contribution is 2.27. The number of quaternary nitrogens is 1. The molecule has 0 spiro atoms. The van der Waals surface area contributed by atoms with Crippen molar-refractivity contribution >= 4 is 17.7 Å². The summed E-state index contributed by atoms with van der Waals surface area (Å²) in [5.74, 6) is 0.702. The van der Waals surface area contributed by atoms with E-state index >= 15 is 0 Å². The fourth-order valence-corrected chi connectivity index (χ4v) is 3.36. The van der Waals surface area contributed by atoms with Crippen LogP contribution in [0.2, 0.25) is 0 Å². The molecular formula is C28H38N5O2+. The molecule has 186 valence electrons. The van der Waals surface area contributed by atoms with E-state index in [0.717, 1.165) is 11.1 Å². The summed E-state index contributed by atoms with van der Waals surface area (Å²) < 4.78 is 5.85. The van der Waals surface area contributed by atoms with Crippen molar-refractivity contribution in [3.8, 4) is 5.75 Å². The molecule has 9 N–H and O–H groups in total. The van der Waals surface area contributed by atoms with Crippen LogP contribution in [0, 0.1) is 5.41 Å². The van der Waals surface area contributed by atoms with Crippen molar-refractivity contribution in [1.29, 1.82) is 5.41 Å². The Morgan fingerprint density at radius 2 is 1.66 bits per heavy atom. The van der Waals surface area contributed by atoms with Crippen LogP contribution in [0.4, 0.5) is 5.69 Å². The van der Waals surface area contributed by atoms with Crippen LogP contribution in [-0.4, -0.2) is 26.1 Å². The Kier molecular flexibility index (Phi) is 13.1. The van der Waals surface area contributed by atoms with Crippen molar-refractivity contribution in [2.45, 2.75) is 26.5 Å². The number of likely N-dealkylation sites (N-methyl/N-ethyl adjacent to an activating group) is 1. The van der Waals surface area contributed by atoms with Gasteiger partial charge in [0.2, 0.25) is 0 Å². The van der Waals surface area contributed by atoms with Gasteiger partial charge in [0.15, 0.2) is 6.29 Å². The van der Waals surface area contributed by atoms with Crippen LogP contribution >= 0.6 is 0 Å². The lowest BCUT2D eigenvalue weighted by Gasteiger charge is -2.23. The fourth-order valence-electron chi connectivity index (χ4n) is 3.36. The highest BCUT2D eigenvalue weighted by atomic mass is 16.5. The van der Waals surface area contributed by atoms with Crippen LogP contribution in [0.3, 0.4) is 0 Å². The van der Waals surface area contributed by atoms with E-state index in [2.05, 4.69) is 11.1 Å². The van der Waals surface area contributed by atoms with Crippen LogP contribution in [0.25, 0.3) is 0 Å². The molecule has 1 atom stereocenters. The lowest BCUT2D eigenvalue weighted by atomic mass is 9.90. The van der Waals surface area contributed by atoms with Crippen LogP contribution in [0.15, 0.2) is 90.1 Å². The molecular weight excluding hydrogens is 438 g/mol. The predicted molar refractivity (Wildman–Crippen MR) is 144 cm³/mol. The number of rotatable bonds is 9. The Morgan fingerprint density at radius 1 is 1.03 bits per heavy atom. The van der Waals surface area contributed by atoms with E-state index in [1.807, 2.05) is 92.7 Å². The van der Waals surface area contributed by atoms with Crippen molar-refractivity contribution in [2.75, 3.05) is 19.8 Å². The number of allylic oxidation sites excluding steroid dienone is 1. The molecule has 3 rings (SSSR count). The highest BCUT2D eigenvalue weighted by Gasteiger charge is 2.23. The van der Waals surface area contributed by atoms with Gasteiger partial charge < -0.3 is 27.3 Å². The molecule has 0 aliphatic heterocycles. The number of hydrogen-bond donors (Lipinski definition) is 5. The number of hydrogen-bond acceptors (Lipinski definition) is 6. The number of aldehydes is 1. The third kappa shape index (κ3) is 8.41. The summed E-state index contributed by atoms with van der Waals surface area (Å²) in [6.45, 7) is 4.40. The van der Waals surface area contributed by atoms with Crippen LogP contribution in [0.1, 0.15) is 36.6 Å². The van der Waals surface area contributed by atoms with Crippen LogP contribution in [-0.2, 0) is 11.4 Å². The summed E-state index contributed by atoms with van der Waals surface area (Å²) in [5, 5.41) is 11.8. The predicted octanol–water partition coefficient (Wildman–Crippen LogP) is 3.47. The maximum absolute atomic E-state index is 11.5. The molecule has 0 fully saturated rings. The molecule has 35 heavy (non-hydrogen) atoms. The van der Waals surface area contributed by atoms with E-state index in [-0.39, 0.29) is 11.4 Å². The number of benzene rings is 3. The van der Waals surface area contributed by atoms with E-state index in [0.29, 0.717) is 35.5 Å². The number of nitrogen functional groups attached to an aromatic ring is 1. The van der Waals surface area contributed by atoms with E-state index in [4.69, 9.17) is 21.6 Å². The van der Waals surface area contributed by atoms with Gasteiger partial charge >= 0.3 is 0 Å². The van der Waals surface area contributed by atoms with E-state index in [1.54, 1.807) is 14.1 Å². The van der Waals surface area contributed by atoms with Crippen molar-refractivity contribution in [1.82, 2.24) is 5.32 Å². The number of ether oxygens (including phenoxy) is 1. The fraction of sp³-hybridized carbons (Fsp3) is 0.214. The second-order valence-corrected chi connectivity index (χ2v) is 7.05. The van der Waals surface area contributed by atoms with Crippen LogP contribution < -0.4 is 27.3 Å². The maximum Gasteiger partial charge on any atom is 0.166 e. The summed E-state index contributed by atoms with van der Waals surface area (Å²) in [5.41, 5.74) is 19.0. The Bertz CT molecular complexity index is 1080. The molecule has 0 saturated heterocycles. The second-order valence-electron chi connectivity index (χ2n) is 7.05. The number of carbonyl (C=O) groups is 1. The highest BCUT2D eigenvalue weighted by molar-refractivity contribution is 6.13. The molecule has 3 aromatic rings. The standard InChI is InChI=1S/C25H26N4O2.C2H6.CH5N/c1-29-25(23(22(27)15-30)24(28)18-7-3-2-4-8-18)19-10-12-21(13-11-19)31-16-17-6-5-9-20(26)14-17;2*1-2/h2-15,25,28-29H,16,26-27H2,1H3;1-2H3;2H2,1H3/p+1/b23-22+,28-24?;;. The lowest BCUT2D eigenvalue weighted by molar-refractivity contribution is -0.325. The van der Waals surface area contributed by atoms with Gasteiger partial charge in [-0.15, -0.1) is 0 Å². The minimum absolute atomic E-state index is 0.0233. The molecule has 7 nitrogen and oxygen atoms in total. The molecule has 0 aromatic heterocycles. The first-order valence-electron chi connectivity index (χ1n) is 11.6. The minimum atomic E-state index is -0.430. The topological polar surface area (TPSA) is 142 Å².